The molecule has 1 fully saturated rings. The average molecular weight is 215 g/mol. The molecule has 0 aromatic heterocycles. The van der Waals surface area contributed by atoms with Gasteiger partial charge in [-0.1, -0.05) is 13.8 Å². The van der Waals surface area contributed by atoms with Crippen molar-refractivity contribution >= 4 is 0 Å². The minimum absolute atomic E-state index is 0.434. The molecule has 2 unspecified atom stereocenters. The van der Waals surface area contributed by atoms with Gasteiger partial charge in [0.25, 0.3) is 0 Å². The highest BCUT2D eigenvalue weighted by atomic mass is 16.5. The monoisotopic (exact) mass is 215 g/mol. The van der Waals surface area contributed by atoms with E-state index in [0.717, 1.165) is 39.2 Å². The maximum atomic E-state index is 5.77. The van der Waals surface area contributed by atoms with Crippen LogP contribution in [0.15, 0.2) is 0 Å². The molecule has 1 N–H and O–H groups in total. The average Bonchev–Trinajstić information content (AvgIpc) is 2.17. The van der Waals surface area contributed by atoms with Crippen molar-refractivity contribution in [2.45, 2.75) is 45.8 Å². The van der Waals surface area contributed by atoms with Crippen molar-refractivity contribution < 1.29 is 9.47 Å². The third-order valence-electron chi connectivity index (χ3n) is 2.61. The van der Waals surface area contributed by atoms with Crippen molar-refractivity contribution in [2.75, 3.05) is 26.4 Å². The van der Waals surface area contributed by atoms with Gasteiger partial charge in [0, 0.05) is 12.6 Å². The van der Waals surface area contributed by atoms with E-state index in [1.165, 1.54) is 0 Å². The van der Waals surface area contributed by atoms with Crippen LogP contribution in [0.3, 0.4) is 0 Å². The number of nitrogens with one attached hydrogen (secondary N) is 1. The Labute approximate surface area is 93.5 Å². The zero-order chi connectivity index (χ0) is 11.1. The molecular weight excluding hydrogens is 190 g/mol. The van der Waals surface area contributed by atoms with E-state index in [0.29, 0.717) is 18.1 Å². The Hall–Kier alpha value is -0.120. The fourth-order valence-corrected chi connectivity index (χ4v) is 1.83. The quantitative estimate of drug-likeness (QED) is 0.686. The molecule has 0 amide bonds. The third-order valence-corrected chi connectivity index (χ3v) is 2.61. The van der Waals surface area contributed by atoms with E-state index in [9.17, 15) is 0 Å². The van der Waals surface area contributed by atoms with Crippen LogP contribution in [-0.4, -0.2) is 38.5 Å². The smallest absolute Gasteiger partial charge is 0.0704 e. The lowest BCUT2D eigenvalue weighted by Crippen LogP contribution is -2.39. The molecule has 3 heteroatoms. The van der Waals surface area contributed by atoms with Crippen molar-refractivity contribution in [3.8, 4) is 0 Å². The summed E-state index contributed by atoms with van der Waals surface area (Å²) < 4.78 is 11.2. The molecule has 3 nitrogen and oxygen atoms in total. The number of hydrogen-bond donors (Lipinski definition) is 1. The number of piperidine rings is 1. The highest BCUT2D eigenvalue weighted by Crippen LogP contribution is 2.11. The second kappa shape index (κ2) is 7.20. The fraction of sp³-hybridized carbons (Fsp3) is 1.00. The van der Waals surface area contributed by atoms with E-state index in [1.54, 1.807) is 0 Å². The minimum Gasteiger partial charge on any atom is -0.379 e. The zero-order valence-corrected chi connectivity index (χ0v) is 10.3. The number of rotatable bonds is 6. The molecular formula is C12H25NO2. The second-order valence-corrected chi connectivity index (χ2v) is 4.84. The molecule has 0 bridgehead atoms. The molecule has 90 valence electrons. The summed E-state index contributed by atoms with van der Waals surface area (Å²) in [5.41, 5.74) is 0. The van der Waals surface area contributed by atoms with Gasteiger partial charge in [-0.2, -0.15) is 0 Å². The number of ether oxygens (including phenoxy) is 2. The van der Waals surface area contributed by atoms with E-state index in [4.69, 9.17) is 9.47 Å². The molecule has 1 aliphatic rings. The molecule has 1 aliphatic heterocycles. The van der Waals surface area contributed by atoms with Crippen LogP contribution in [0.4, 0.5) is 0 Å². The molecule has 0 radical (unpaired) electrons. The third kappa shape index (κ3) is 6.13. The van der Waals surface area contributed by atoms with E-state index < -0.39 is 0 Å². The lowest BCUT2D eigenvalue weighted by molar-refractivity contribution is -0.0167. The van der Waals surface area contributed by atoms with Crippen molar-refractivity contribution in [1.29, 1.82) is 0 Å². The maximum absolute atomic E-state index is 5.77. The fourth-order valence-electron chi connectivity index (χ4n) is 1.83. The number of hydrogen-bond acceptors (Lipinski definition) is 3. The van der Waals surface area contributed by atoms with Crippen LogP contribution in [0, 0.1) is 5.92 Å². The lowest BCUT2D eigenvalue weighted by Gasteiger charge is -2.28. The molecule has 1 heterocycles. The Morgan fingerprint density at radius 1 is 1.33 bits per heavy atom. The van der Waals surface area contributed by atoms with E-state index in [1.807, 2.05) is 0 Å². The van der Waals surface area contributed by atoms with E-state index >= 15 is 0 Å². The van der Waals surface area contributed by atoms with Gasteiger partial charge in [-0.15, -0.1) is 0 Å². The highest BCUT2D eigenvalue weighted by Gasteiger charge is 2.18. The van der Waals surface area contributed by atoms with Gasteiger partial charge in [0.05, 0.1) is 19.3 Å². The standard InChI is InChI=1S/C12H25NO2/c1-10(2)9-14-6-7-15-12-4-5-13-11(3)8-12/h10-13H,4-9H2,1-3H3. The molecule has 0 saturated carbocycles. The molecule has 15 heavy (non-hydrogen) atoms. The summed E-state index contributed by atoms with van der Waals surface area (Å²) in [5, 5.41) is 3.42. The molecule has 0 aromatic rings. The Bertz CT molecular complexity index is 162. The summed E-state index contributed by atoms with van der Waals surface area (Å²) in [6.07, 6.45) is 2.70. The zero-order valence-electron chi connectivity index (χ0n) is 10.3. The summed E-state index contributed by atoms with van der Waals surface area (Å²) in [7, 11) is 0. The van der Waals surface area contributed by atoms with Gasteiger partial charge < -0.3 is 14.8 Å². The van der Waals surface area contributed by atoms with Crippen molar-refractivity contribution in [3.05, 3.63) is 0 Å². The van der Waals surface area contributed by atoms with Crippen LogP contribution in [-0.2, 0) is 9.47 Å². The molecule has 2 atom stereocenters. The molecule has 0 aromatic carbocycles. The van der Waals surface area contributed by atoms with Gasteiger partial charge >= 0.3 is 0 Å². The second-order valence-electron chi connectivity index (χ2n) is 4.84. The molecule has 1 rings (SSSR count). The highest BCUT2D eigenvalue weighted by molar-refractivity contribution is 4.75. The molecule has 0 spiro atoms. The summed E-state index contributed by atoms with van der Waals surface area (Å²) in [6.45, 7) is 9.93. The Morgan fingerprint density at radius 3 is 2.80 bits per heavy atom. The molecule has 0 aliphatic carbocycles. The van der Waals surface area contributed by atoms with Gasteiger partial charge in [0.1, 0.15) is 0 Å². The Balaban J connectivity index is 1.95. The Kier molecular flexibility index (Phi) is 6.22. The normalized spacial score (nSPS) is 27.2. The van der Waals surface area contributed by atoms with Crippen LogP contribution in [0.1, 0.15) is 33.6 Å². The predicted molar refractivity (Wildman–Crippen MR) is 62.1 cm³/mol. The van der Waals surface area contributed by atoms with Crippen LogP contribution < -0.4 is 5.32 Å². The van der Waals surface area contributed by atoms with Gasteiger partial charge in [-0.25, -0.2) is 0 Å². The maximum Gasteiger partial charge on any atom is 0.0704 e. The minimum atomic E-state index is 0.434. The first-order chi connectivity index (χ1) is 7.18. The first-order valence-corrected chi connectivity index (χ1v) is 6.11. The van der Waals surface area contributed by atoms with Gasteiger partial charge in [0.2, 0.25) is 0 Å². The van der Waals surface area contributed by atoms with Crippen LogP contribution in [0.25, 0.3) is 0 Å². The van der Waals surface area contributed by atoms with Crippen molar-refractivity contribution in [1.82, 2.24) is 5.32 Å². The van der Waals surface area contributed by atoms with E-state index in [-0.39, 0.29) is 0 Å². The van der Waals surface area contributed by atoms with Crippen LogP contribution >= 0.6 is 0 Å². The largest absolute Gasteiger partial charge is 0.379 e. The van der Waals surface area contributed by atoms with Crippen molar-refractivity contribution in [2.24, 2.45) is 5.92 Å². The predicted octanol–water partition coefficient (Wildman–Crippen LogP) is 1.82. The van der Waals surface area contributed by atoms with Gasteiger partial charge in [-0.05, 0) is 32.2 Å². The van der Waals surface area contributed by atoms with E-state index in [2.05, 4.69) is 26.1 Å². The Morgan fingerprint density at radius 2 is 2.13 bits per heavy atom. The SMILES string of the molecule is CC(C)COCCOC1CCNC(C)C1. The van der Waals surface area contributed by atoms with Crippen LogP contribution in [0.2, 0.25) is 0 Å². The van der Waals surface area contributed by atoms with Crippen molar-refractivity contribution in [3.63, 3.8) is 0 Å². The van der Waals surface area contributed by atoms with Gasteiger partial charge in [0.15, 0.2) is 0 Å². The summed E-state index contributed by atoms with van der Waals surface area (Å²) in [6, 6.07) is 0.598. The topological polar surface area (TPSA) is 30.5 Å². The van der Waals surface area contributed by atoms with Crippen LogP contribution in [0.5, 0.6) is 0 Å². The summed E-state index contributed by atoms with van der Waals surface area (Å²) >= 11 is 0. The lowest BCUT2D eigenvalue weighted by atomic mass is 10.0. The first-order valence-electron chi connectivity index (χ1n) is 6.11. The molecule has 1 saturated heterocycles. The van der Waals surface area contributed by atoms with Gasteiger partial charge in [-0.3, -0.25) is 0 Å². The summed E-state index contributed by atoms with van der Waals surface area (Å²) in [5.74, 6) is 0.615. The first kappa shape index (κ1) is 12.9. The summed E-state index contributed by atoms with van der Waals surface area (Å²) in [4.78, 5) is 0.